The second kappa shape index (κ2) is 7.81. The molecule has 112 valence electrons. The Balaban J connectivity index is 2.98. The fourth-order valence-electron chi connectivity index (χ4n) is 2.05. The maximum absolute atomic E-state index is 11.2. The van der Waals surface area contributed by atoms with Crippen LogP contribution in [0.2, 0.25) is 0 Å². The SMILES string of the molecule is COCC(CCCN)Nc1cc(C)c(C)cc1[N+](=O)[O-]. The molecule has 1 atom stereocenters. The summed E-state index contributed by atoms with van der Waals surface area (Å²) in [5.74, 6) is 0. The van der Waals surface area contributed by atoms with Crippen LogP contribution >= 0.6 is 0 Å². The Morgan fingerprint density at radius 3 is 2.60 bits per heavy atom. The molecule has 0 aliphatic heterocycles. The lowest BCUT2D eigenvalue weighted by molar-refractivity contribution is -0.384. The smallest absolute Gasteiger partial charge is 0.292 e. The molecule has 1 aromatic rings. The molecule has 1 unspecified atom stereocenters. The lowest BCUT2D eigenvalue weighted by Gasteiger charge is -2.19. The van der Waals surface area contributed by atoms with Crippen molar-refractivity contribution < 1.29 is 9.66 Å². The van der Waals surface area contributed by atoms with Gasteiger partial charge in [-0.15, -0.1) is 0 Å². The van der Waals surface area contributed by atoms with Crippen molar-refractivity contribution in [3.05, 3.63) is 33.4 Å². The molecule has 1 rings (SSSR count). The summed E-state index contributed by atoms with van der Waals surface area (Å²) in [6.07, 6.45) is 1.66. The number of anilines is 1. The van der Waals surface area contributed by atoms with Crippen LogP contribution in [0.15, 0.2) is 12.1 Å². The Bertz CT molecular complexity index is 463. The van der Waals surface area contributed by atoms with Crippen LogP contribution in [-0.2, 0) is 4.74 Å². The van der Waals surface area contributed by atoms with E-state index < -0.39 is 0 Å². The topological polar surface area (TPSA) is 90.4 Å². The van der Waals surface area contributed by atoms with Gasteiger partial charge < -0.3 is 15.8 Å². The maximum atomic E-state index is 11.2. The van der Waals surface area contributed by atoms with Gasteiger partial charge in [0.1, 0.15) is 5.69 Å². The molecule has 20 heavy (non-hydrogen) atoms. The lowest BCUT2D eigenvalue weighted by atomic mass is 10.1. The number of ether oxygens (including phenoxy) is 1. The maximum Gasteiger partial charge on any atom is 0.292 e. The van der Waals surface area contributed by atoms with Gasteiger partial charge >= 0.3 is 0 Å². The minimum absolute atomic E-state index is 0.0179. The zero-order chi connectivity index (χ0) is 15.1. The Kier molecular flexibility index (Phi) is 6.41. The summed E-state index contributed by atoms with van der Waals surface area (Å²) in [7, 11) is 1.62. The van der Waals surface area contributed by atoms with Crippen molar-refractivity contribution in [2.24, 2.45) is 5.73 Å². The fourth-order valence-corrected chi connectivity index (χ4v) is 2.05. The van der Waals surface area contributed by atoms with Crippen LogP contribution in [0.1, 0.15) is 24.0 Å². The average molecular weight is 281 g/mol. The fraction of sp³-hybridized carbons (Fsp3) is 0.571. The Labute approximate surface area is 119 Å². The Morgan fingerprint density at radius 2 is 2.05 bits per heavy atom. The zero-order valence-corrected chi connectivity index (χ0v) is 12.3. The molecule has 0 saturated carbocycles. The quantitative estimate of drug-likeness (QED) is 0.564. The molecule has 0 saturated heterocycles. The number of rotatable bonds is 8. The molecule has 0 aliphatic carbocycles. The van der Waals surface area contributed by atoms with Crippen molar-refractivity contribution >= 4 is 11.4 Å². The van der Waals surface area contributed by atoms with Crippen LogP contribution < -0.4 is 11.1 Å². The largest absolute Gasteiger partial charge is 0.383 e. The van der Waals surface area contributed by atoms with Gasteiger partial charge in [0.25, 0.3) is 5.69 Å². The van der Waals surface area contributed by atoms with E-state index in [0.29, 0.717) is 18.8 Å². The monoisotopic (exact) mass is 281 g/mol. The van der Waals surface area contributed by atoms with Gasteiger partial charge in [0.2, 0.25) is 0 Å². The highest BCUT2D eigenvalue weighted by Gasteiger charge is 2.18. The molecule has 0 radical (unpaired) electrons. The van der Waals surface area contributed by atoms with Crippen molar-refractivity contribution in [1.29, 1.82) is 0 Å². The summed E-state index contributed by atoms with van der Waals surface area (Å²) >= 11 is 0. The summed E-state index contributed by atoms with van der Waals surface area (Å²) in [5.41, 5.74) is 8.08. The number of hydrogen-bond acceptors (Lipinski definition) is 5. The van der Waals surface area contributed by atoms with Crippen molar-refractivity contribution in [2.45, 2.75) is 32.7 Å². The molecule has 0 heterocycles. The molecule has 6 nitrogen and oxygen atoms in total. The number of nitrogens with two attached hydrogens (primary N) is 1. The van der Waals surface area contributed by atoms with Crippen LogP contribution in [0, 0.1) is 24.0 Å². The van der Waals surface area contributed by atoms with Gasteiger partial charge in [-0.05, 0) is 50.4 Å². The number of benzene rings is 1. The second-order valence-electron chi connectivity index (χ2n) is 4.94. The van der Waals surface area contributed by atoms with E-state index in [1.165, 1.54) is 0 Å². The number of methoxy groups -OCH3 is 1. The first-order chi connectivity index (χ1) is 9.49. The van der Waals surface area contributed by atoms with E-state index in [-0.39, 0.29) is 16.7 Å². The number of nitrogens with one attached hydrogen (secondary N) is 1. The molecule has 0 spiro atoms. The van der Waals surface area contributed by atoms with Gasteiger partial charge in [-0.25, -0.2) is 0 Å². The van der Waals surface area contributed by atoms with Crippen LogP contribution in [0.4, 0.5) is 11.4 Å². The number of nitro groups is 1. The normalized spacial score (nSPS) is 12.2. The third kappa shape index (κ3) is 4.47. The lowest BCUT2D eigenvalue weighted by Crippen LogP contribution is -2.26. The first-order valence-corrected chi connectivity index (χ1v) is 6.70. The van der Waals surface area contributed by atoms with Gasteiger partial charge in [0, 0.05) is 19.2 Å². The van der Waals surface area contributed by atoms with Crippen molar-refractivity contribution in [3.63, 3.8) is 0 Å². The predicted octanol–water partition coefficient (Wildman–Crippen LogP) is 2.38. The van der Waals surface area contributed by atoms with Gasteiger partial charge in [-0.1, -0.05) is 0 Å². The predicted molar refractivity (Wildman–Crippen MR) is 80.1 cm³/mol. The highest BCUT2D eigenvalue weighted by Crippen LogP contribution is 2.28. The van der Waals surface area contributed by atoms with Crippen molar-refractivity contribution in [1.82, 2.24) is 0 Å². The summed E-state index contributed by atoms with van der Waals surface area (Å²) in [4.78, 5) is 10.8. The van der Waals surface area contributed by atoms with Gasteiger partial charge in [0.15, 0.2) is 0 Å². The zero-order valence-electron chi connectivity index (χ0n) is 12.3. The van der Waals surface area contributed by atoms with Crippen molar-refractivity contribution in [2.75, 3.05) is 25.6 Å². The molecule has 3 N–H and O–H groups in total. The first-order valence-electron chi connectivity index (χ1n) is 6.70. The number of nitro benzene ring substituents is 1. The third-order valence-electron chi connectivity index (χ3n) is 3.29. The van der Waals surface area contributed by atoms with Crippen LogP contribution in [0.3, 0.4) is 0 Å². The Morgan fingerprint density at radius 1 is 1.40 bits per heavy atom. The van der Waals surface area contributed by atoms with Gasteiger partial charge in [0.05, 0.1) is 11.5 Å². The average Bonchev–Trinajstić information content (AvgIpc) is 2.39. The summed E-state index contributed by atoms with van der Waals surface area (Å²) in [6, 6.07) is 3.44. The van der Waals surface area contributed by atoms with E-state index in [0.717, 1.165) is 24.0 Å². The van der Waals surface area contributed by atoms with Crippen LogP contribution in [-0.4, -0.2) is 31.2 Å². The summed E-state index contributed by atoms with van der Waals surface area (Å²) in [6.45, 7) is 4.89. The molecular weight excluding hydrogens is 258 g/mol. The van der Waals surface area contributed by atoms with E-state index in [2.05, 4.69) is 5.32 Å². The van der Waals surface area contributed by atoms with Gasteiger partial charge in [-0.3, -0.25) is 10.1 Å². The first kappa shape index (κ1) is 16.4. The van der Waals surface area contributed by atoms with Crippen molar-refractivity contribution in [3.8, 4) is 0 Å². The minimum Gasteiger partial charge on any atom is -0.383 e. The van der Waals surface area contributed by atoms with Crippen LogP contribution in [0.25, 0.3) is 0 Å². The molecule has 0 aromatic heterocycles. The second-order valence-corrected chi connectivity index (χ2v) is 4.94. The number of hydrogen-bond donors (Lipinski definition) is 2. The van der Waals surface area contributed by atoms with E-state index in [4.69, 9.17) is 10.5 Å². The molecule has 1 aromatic carbocycles. The molecule has 0 amide bonds. The Hall–Kier alpha value is -1.66. The molecule has 6 heteroatoms. The minimum atomic E-state index is -0.360. The van der Waals surface area contributed by atoms with E-state index >= 15 is 0 Å². The van der Waals surface area contributed by atoms with E-state index in [9.17, 15) is 10.1 Å². The summed E-state index contributed by atoms with van der Waals surface area (Å²) < 4.78 is 5.15. The van der Waals surface area contributed by atoms with E-state index in [1.807, 2.05) is 19.9 Å². The highest BCUT2D eigenvalue weighted by atomic mass is 16.6. The molecule has 0 bridgehead atoms. The highest BCUT2D eigenvalue weighted by molar-refractivity contribution is 5.64. The van der Waals surface area contributed by atoms with Crippen LogP contribution in [0.5, 0.6) is 0 Å². The standard InChI is InChI=1S/C14H23N3O3/c1-10-7-13(14(17(18)19)8-11(10)2)16-12(9-20-3)5-4-6-15/h7-8,12,16H,4-6,9,15H2,1-3H3. The molecule has 0 fully saturated rings. The van der Waals surface area contributed by atoms with Gasteiger partial charge in [-0.2, -0.15) is 0 Å². The molecule has 0 aliphatic rings. The van der Waals surface area contributed by atoms with E-state index in [1.54, 1.807) is 13.2 Å². The third-order valence-corrected chi connectivity index (χ3v) is 3.29. The number of nitrogens with zero attached hydrogens (tertiary/aromatic N) is 1. The summed E-state index contributed by atoms with van der Waals surface area (Å²) in [5, 5.41) is 14.4. The molecular formula is C14H23N3O3. The number of aryl methyl sites for hydroxylation is 2.